The van der Waals surface area contributed by atoms with Crippen LogP contribution in [0.15, 0.2) is 36.4 Å². The maximum atomic E-state index is 5.90. The maximum Gasteiger partial charge on any atom is 0.0406 e. The maximum absolute atomic E-state index is 5.90. The zero-order valence-corrected chi connectivity index (χ0v) is 12.5. The molecule has 3 heteroatoms. The molecule has 0 aliphatic heterocycles. The van der Waals surface area contributed by atoms with Gasteiger partial charge in [0.1, 0.15) is 0 Å². The third-order valence-electron chi connectivity index (χ3n) is 2.85. The number of halogens is 2. The van der Waals surface area contributed by atoms with E-state index in [9.17, 15) is 0 Å². The Morgan fingerprint density at radius 1 is 0.889 bits per heavy atom. The molecule has 18 heavy (non-hydrogen) atoms. The van der Waals surface area contributed by atoms with Crippen LogP contribution < -0.4 is 0 Å². The van der Waals surface area contributed by atoms with Gasteiger partial charge in [0.2, 0.25) is 0 Å². The van der Waals surface area contributed by atoms with Crippen molar-refractivity contribution in [1.29, 1.82) is 0 Å². The molecule has 96 valence electrons. The second-order valence-electron chi connectivity index (χ2n) is 4.27. The number of hydrogen-bond acceptors (Lipinski definition) is 1. The Morgan fingerprint density at radius 2 is 1.67 bits per heavy atom. The molecule has 0 atom stereocenters. The quantitative estimate of drug-likeness (QED) is 0.452. The molecule has 0 saturated carbocycles. The summed E-state index contributed by atoms with van der Waals surface area (Å²) in [6, 6.07) is 12.5. The standard InChI is InChI=1S/C15H16Cl2S/c16-11-3-1-2-4-14-9-10-15(18-14)12-5-7-13(17)8-6-12/h5-10H,1-4,11H2. The molecule has 0 aliphatic rings. The average molecular weight is 299 g/mol. The number of aryl methyl sites for hydroxylation is 1. The molecule has 0 aliphatic carbocycles. The Bertz CT molecular complexity index is 473. The molecular formula is C15H16Cl2S. The van der Waals surface area contributed by atoms with E-state index >= 15 is 0 Å². The van der Waals surface area contributed by atoms with E-state index in [1.165, 1.54) is 28.2 Å². The van der Waals surface area contributed by atoms with Crippen molar-refractivity contribution in [2.45, 2.75) is 25.7 Å². The lowest BCUT2D eigenvalue weighted by Gasteiger charge is -1.98. The molecule has 0 nitrogen and oxygen atoms in total. The lowest BCUT2D eigenvalue weighted by molar-refractivity contribution is 0.726. The minimum atomic E-state index is 0.778. The number of alkyl halides is 1. The van der Waals surface area contributed by atoms with E-state index in [0.717, 1.165) is 23.7 Å². The molecule has 0 spiro atoms. The second kappa shape index (κ2) is 7.18. The van der Waals surface area contributed by atoms with E-state index in [1.807, 2.05) is 23.5 Å². The van der Waals surface area contributed by atoms with Crippen LogP contribution in [0, 0.1) is 0 Å². The minimum absolute atomic E-state index is 0.778. The number of hydrogen-bond donors (Lipinski definition) is 0. The summed E-state index contributed by atoms with van der Waals surface area (Å²) >= 11 is 13.4. The van der Waals surface area contributed by atoms with Gasteiger partial charge in [-0.25, -0.2) is 0 Å². The van der Waals surface area contributed by atoms with Gasteiger partial charge in [-0.1, -0.05) is 30.2 Å². The average Bonchev–Trinajstić information content (AvgIpc) is 2.84. The highest BCUT2D eigenvalue weighted by atomic mass is 35.5. The summed E-state index contributed by atoms with van der Waals surface area (Å²) < 4.78 is 0. The molecule has 0 amide bonds. The molecule has 1 aromatic carbocycles. The van der Waals surface area contributed by atoms with Crippen molar-refractivity contribution < 1.29 is 0 Å². The highest BCUT2D eigenvalue weighted by molar-refractivity contribution is 7.15. The van der Waals surface area contributed by atoms with Gasteiger partial charge in [-0.05, 0) is 49.1 Å². The Balaban J connectivity index is 1.95. The van der Waals surface area contributed by atoms with Gasteiger partial charge in [0.15, 0.2) is 0 Å². The van der Waals surface area contributed by atoms with E-state index < -0.39 is 0 Å². The van der Waals surface area contributed by atoms with Crippen LogP contribution in [0.4, 0.5) is 0 Å². The van der Waals surface area contributed by atoms with Gasteiger partial charge in [-0.3, -0.25) is 0 Å². The van der Waals surface area contributed by atoms with E-state index in [0.29, 0.717) is 0 Å². The first-order valence-electron chi connectivity index (χ1n) is 6.20. The molecular weight excluding hydrogens is 283 g/mol. The van der Waals surface area contributed by atoms with E-state index in [1.54, 1.807) is 0 Å². The van der Waals surface area contributed by atoms with Gasteiger partial charge in [-0.2, -0.15) is 0 Å². The van der Waals surface area contributed by atoms with Gasteiger partial charge >= 0.3 is 0 Å². The molecule has 1 aromatic heterocycles. The van der Waals surface area contributed by atoms with Crippen molar-refractivity contribution >= 4 is 34.5 Å². The molecule has 0 fully saturated rings. The molecule has 0 N–H and O–H groups in total. The first-order chi connectivity index (χ1) is 8.79. The van der Waals surface area contributed by atoms with Crippen LogP contribution in [0.5, 0.6) is 0 Å². The van der Waals surface area contributed by atoms with Crippen LogP contribution in [0.2, 0.25) is 5.02 Å². The molecule has 0 saturated heterocycles. The first kappa shape index (κ1) is 13.9. The Kier molecular flexibility index (Phi) is 5.55. The zero-order chi connectivity index (χ0) is 12.8. The van der Waals surface area contributed by atoms with Crippen molar-refractivity contribution in [1.82, 2.24) is 0 Å². The van der Waals surface area contributed by atoms with Gasteiger partial charge in [0.25, 0.3) is 0 Å². The third-order valence-corrected chi connectivity index (χ3v) is 4.56. The fourth-order valence-electron chi connectivity index (χ4n) is 1.85. The van der Waals surface area contributed by atoms with E-state index in [2.05, 4.69) is 24.3 Å². The zero-order valence-electron chi connectivity index (χ0n) is 10.2. The van der Waals surface area contributed by atoms with Crippen LogP contribution in [0.25, 0.3) is 10.4 Å². The topological polar surface area (TPSA) is 0 Å². The normalized spacial score (nSPS) is 10.8. The Hall–Kier alpha value is -0.500. The lowest BCUT2D eigenvalue weighted by Crippen LogP contribution is -1.82. The summed E-state index contributed by atoms with van der Waals surface area (Å²) in [6.07, 6.45) is 4.73. The van der Waals surface area contributed by atoms with Crippen LogP contribution in [0.3, 0.4) is 0 Å². The summed E-state index contributed by atoms with van der Waals surface area (Å²) in [4.78, 5) is 2.77. The molecule has 2 aromatic rings. The summed E-state index contributed by atoms with van der Waals surface area (Å²) in [6.45, 7) is 0. The number of benzene rings is 1. The fourth-order valence-corrected chi connectivity index (χ4v) is 3.22. The Morgan fingerprint density at radius 3 is 2.39 bits per heavy atom. The fraction of sp³-hybridized carbons (Fsp3) is 0.333. The highest BCUT2D eigenvalue weighted by Crippen LogP contribution is 2.29. The molecule has 0 bridgehead atoms. The summed E-state index contributed by atoms with van der Waals surface area (Å²) in [7, 11) is 0. The van der Waals surface area contributed by atoms with Gasteiger partial charge in [0, 0.05) is 20.7 Å². The van der Waals surface area contributed by atoms with Crippen molar-refractivity contribution in [3.8, 4) is 10.4 Å². The van der Waals surface area contributed by atoms with E-state index in [4.69, 9.17) is 23.2 Å². The predicted molar refractivity (Wildman–Crippen MR) is 83.0 cm³/mol. The summed E-state index contributed by atoms with van der Waals surface area (Å²) in [5, 5.41) is 0.789. The van der Waals surface area contributed by atoms with E-state index in [-0.39, 0.29) is 0 Å². The monoisotopic (exact) mass is 298 g/mol. The summed E-state index contributed by atoms with van der Waals surface area (Å²) in [5.74, 6) is 0.778. The van der Waals surface area contributed by atoms with Gasteiger partial charge in [-0.15, -0.1) is 22.9 Å². The van der Waals surface area contributed by atoms with Crippen molar-refractivity contribution in [3.63, 3.8) is 0 Å². The van der Waals surface area contributed by atoms with Crippen LogP contribution in [-0.2, 0) is 6.42 Å². The van der Waals surface area contributed by atoms with Crippen molar-refractivity contribution in [2.24, 2.45) is 0 Å². The van der Waals surface area contributed by atoms with Gasteiger partial charge < -0.3 is 0 Å². The smallest absolute Gasteiger partial charge is 0.0406 e. The van der Waals surface area contributed by atoms with Crippen LogP contribution in [-0.4, -0.2) is 5.88 Å². The molecule has 1 heterocycles. The SMILES string of the molecule is ClCCCCCc1ccc(-c2ccc(Cl)cc2)s1. The summed E-state index contributed by atoms with van der Waals surface area (Å²) in [5.41, 5.74) is 1.25. The highest BCUT2D eigenvalue weighted by Gasteiger charge is 2.03. The number of thiophene rings is 1. The second-order valence-corrected chi connectivity index (χ2v) is 6.26. The number of unbranched alkanes of at least 4 members (excludes halogenated alkanes) is 2. The van der Waals surface area contributed by atoms with Crippen LogP contribution >= 0.6 is 34.5 Å². The third kappa shape index (κ3) is 4.01. The first-order valence-corrected chi connectivity index (χ1v) is 7.93. The Labute approximate surface area is 123 Å². The minimum Gasteiger partial charge on any atom is -0.140 e. The van der Waals surface area contributed by atoms with Crippen molar-refractivity contribution in [3.05, 3.63) is 46.3 Å². The van der Waals surface area contributed by atoms with Crippen LogP contribution in [0.1, 0.15) is 24.1 Å². The van der Waals surface area contributed by atoms with Gasteiger partial charge in [0.05, 0.1) is 0 Å². The number of rotatable bonds is 6. The van der Waals surface area contributed by atoms with Crippen molar-refractivity contribution in [2.75, 3.05) is 5.88 Å². The predicted octanol–water partition coefficient (Wildman–Crippen LogP) is 6.02. The molecule has 0 unspecified atom stereocenters. The molecule has 2 rings (SSSR count). The lowest BCUT2D eigenvalue weighted by atomic mass is 10.1. The largest absolute Gasteiger partial charge is 0.140 e. The molecule has 0 radical (unpaired) electrons.